The Labute approximate surface area is 147 Å². The summed E-state index contributed by atoms with van der Waals surface area (Å²) < 4.78 is 0.960. The number of nitrogens with zero attached hydrogens (tertiary/aromatic N) is 1. The molecule has 2 aliphatic rings. The molecule has 3 unspecified atom stereocenters. The molecule has 0 bridgehead atoms. The van der Waals surface area contributed by atoms with Crippen LogP contribution in [0.25, 0.3) is 0 Å². The van der Waals surface area contributed by atoms with Crippen LogP contribution in [0.2, 0.25) is 0 Å². The zero-order chi connectivity index (χ0) is 15.0. The normalized spacial score (nSPS) is 39.0. The fraction of sp³-hybridized carbons (Fsp3) is 0.882. The van der Waals surface area contributed by atoms with Crippen molar-refractivity contribution in [3.8, 4) is 0 Å². The first-order valence-corrected chi connectivity index (χ1v) is 8.15. The predicted molar refractivity (Wildman–Crippen MR) is 82.3 cm³/mol. The lowest BCUT2D eigenvalue weighted by atomic mass is 9.76. The van der Waals surface area contributed by atoms with E-state index in [0.717, 1.165) is 43.1 Å². The molecule has 1 aliphatic heterocycles. The zero-order valence-electron chi connectivity index (χ0n) is 14.0. The molecule has 4 heteroatoms. The minimum atomic E-state index is -0.764. The molecule has 1 aliphatic carbocycles. The molecule has 0 aromatic carbocycles. The van der Waals surface area contributed by atoms with Crippen molar-refractivity contribution >= 4 is 0 Å². The van der Waals surface area contributed by atoms with Crippen LogP contribution in [0.3, 0.4) is 0 Å². The molecule has 1 saturated heterocycles. The molecule has 21 heavy (non-hydrogen) atoms. The smallest absolute Gasteiger partial charge is 0.0963 e. The van der Waals surface area contributed by atoms with Gasteiger partial charge in [-0.3, -0.25) is 0 Å². The number of piperidine rings is 1. The molecule has 2 fully saturated rings. The summed E-state index contributed by atoms with van der Waals surface area (Å²) in [5.74, 6) is 0.220. The number of quaternary nitrogens is 1. The van der Waals surface area contributed by atoms with Gasteiger partial charge in [-0.15, -0.1) is 0 Å². The number of halogens is 1. The molecule has 2 rings (SSSR count). The Morgan fingerprint density at radius 1 is 1.00 bits per heavy atom. The Hall–Kier alpha value is 0.350. The van der Waals surface area contributed by atoms with Gasteiger partial charge >= 0.3 is 0 Å². The van der Waals surface area contributed by atoms with E-state index in [-0.39, 0.29) is 29.9 Å². The van der Waals surface area contributed by atoms with Crippen LogP contribution >= 0.6 is 0 Å². The van der Waals surface area contributed by atoms with Crippen molar-refractivity contribution < 1.29 is 38.7 Å². The zero-order valence-corrected chi connectivity index (χ0v) is 16.1. The summed E-state index contributed by atoms with van der Waals surface area (Å²) in [6.07, 6.45) is 9.67. The monoisotopic (exact) mass is 409 g/mol. The van der Waals surface area contributed by atoms with E-state index < -0.39 is 11.2 Å². The van der Waals surface area contributed by atoms with Crippen LogP contribution in [0.5, 0.6) is 0 Å². The molecule has 0 amide bonds. The van der Waals surface area contributed by atoms with Crippen molar-refractivity contribution in [3.63, 3.8) is 0 Å². The molecule has 1 heterocycles. The maximum absolute atomic E-state index is 11.0. The quantitative estimate of drug-likeness (QED) is 0.366. The Balaban J connectivity index is 0.00000220. The van der Waals surface area contributed by atoms with Crippen molar-refractivity contribution in [2.24, 2.45) is 5.92 Å². The van der Waals surface area contributed by atoms with Gasteiger partial charge in [0, 0.05) is 12.3 Å². The van der Waals surface area contributed by atoms with E-state index in [1.807, 2.05) is 12.2 Å². The summed E-state index contributed by atoms with van der Waals surface area (Å²) in [6.45, 7) is 5.31. The molecular weight excluding hydrogens is 377 g/mol. The summed E-state index contributed by atoms with van der Waals surface area (Å²) in [4.78, 5) is 0. The van der Waals surface area contributed by atoms with Gasteiger partial charge in [0.1, 0.15) is 0 Å². The van der Waals surface area contributed by atoms with Crippen LogP contribution in [-0.2, 0) is 0 Å². The van der Waals surface area contributed by atoms with Gasteiger partial charge in [0.25, 0.3) is 0 Å². The molecule has 0 aromatic heterocycles. The molecule has 0 radical (unpaired) electrons. The van der Waals surface area contributed by atoms with Gasteiger partial charge in [0.15, 0.2) is 0 Å². The van der Waals surface area contributed by atoms with Crippen molar-refractivity contribution in [2.45, 2.75) is 69.6 Å². The number of hydrogen-bond acceptors (Lipinski definition) is 2. The minimum absolute atomic E-state index is 0. The minimum Gasteiger partial charge on any atom is -1.00 e. The molecule has 0 aromatic rings. The van der Waals surface area contributed by atoms with Crippen LogP contribution in [0, 0.1) is 5.92 Å². The molecule has 124 valence electrons. The van der Waals surface area contributed by atoms with Gasteiger partial charge in [-0.1, -0.05) is 38.3 Å². The van der Waals surface area contributed by atoms with Gasteiger partial charge in [0.05, 0.1) is 37.9 Å². The van der Waals surface area contributed by atoms with E-state index in [1.54, 1.807) is 0 Å². The van der Waals surface area contributed by atoms with Crippen LogP contribution < -0.4 is 24.0 Å². The molecular formula is C17H32INO2. The number of aliphatic hydroxyl groups is 2. The highest BCUT2D eigenvalue weighted by molar-refractivity contribution is 5.12. The van der Waals surface area contributed by atoms with Gasteiger partial charge in [-0.2, -0.15) is 0 Å². The fourth-order valence-electron chi connectivity index (χ4n) is 3.83. The van der Waals surface area contributed by atoms with Gasteiger partial charge in [0.2, 0.25) is 0 Å². The van der Waals surface area contributed by atoms with Crippen LogP contribution in [0.15, 0.2) is 12.2 Å². The number of likely N-dealkylation sites (tertiary alicyclic amines) is 1. The summed E-state index contributed by atoms with van der Waals surface area (Å²) >= 11 is 0. The van der Waals surface area contributed by atoms with Gasteiger partial charge < -0.3 is 38.7 Å². The Morgan fingerprint density at radius 3 is 2.14 bits per heavy atom. The predicted octanol–water partition coefficient (Wildman–Crippen LogP) is -0.522. The Morgan fingerprint density at radius 2 is 1.57 bits per heavy atom. The second kappa shape index (κ2) is 6.85. The fourth-order valence-corrected chi connectivity index (χ4v) is 3.83. The Kier molecular flexibility index (Phi) is 6.33. The van der Waals surface area contributed by atoms with Crippen molar-refractivity contribution in [3.05, 3.63) is 12.2 Å². The lowest BCUT2D eigenvalue weighted by molar-refractivity contribution is -0.924. The van der Waals surface area contributed by atoms with Crippen LogP contribution in [0.1, 0.15) is 52.4 Å². The third-order valence-corrected chi connectivity index (χ3v) is 5.81. The first-order chi connectivity index (χ1) is 9.17. The second-order valence-corrected chi connectivity index (χ2v) is 7.90. The van der Waals surface area contributed by atoms with E-state index in [4.69, 9.17) is 0 Å². The largest absolute Gasteiger partial charge is 1.00 e. The summed E-state index contributed by atoms with van der Waals surface area (Å²) in [7, 11) is 4.47. The molecule has 3 nitrogen and oxygen atoms in total. The van der Waals surface area contributed by atoms with E-state index in [1.165, 1.54) is 6.42 Å². The summed E-state index contributed by atoms with van der Waals surface area (Å²) in [5.41, 5.74) is -1.45. The van der Waals surface area contributed by atoms with E-state index in [2.05, 4.69) is 27.9 Å². The second-order valence-electron chi connectivity index (χ2n) is 7.90. The lowest BCUT2D eigenvalue weighted by Crippen LogP contribution is -3.00. The SMILES string of the molecule is CC1C[N+](C)(C)C(C)CC1(O)C=CC1(O)CCCCC1.[I-]. The third-order valence-electron chi connectivity index (χ3n) is 5.81. The third kappa shape index (κ3) is 4.43. The van der Waals surface area contributed by atoms with Crippen molar-refractivity contribution in [1.29, 1.82) is 0 Å². The maximum atomic E-state index is 11.0. The van der Waals surface area contributed by atoms with E-state index >= 15 is 0 Å². The molecule has 0 spiro atoms. The summed E-state index contributed by atoms with van der Waals surface area (Å²) in [5, 5.41) is 21.5. The molecule has 2 N–H and O–H groups in total. The van der Waals surface area contributed by atoms with Crippen molar-refractivity contribution in [2.75, 3.05) is 20.6 Å². The van der Waals surface area contributed by atoms with Gasteiger partial charge in [-0.25, -0.2) is 0 Å². The number of rotatable bonds is 2. The van der Waals surface area contributed by atoms with Crippen LogP contribution in [0.4, 0.5) is 0 Å². The molecule has 3 atom stereocenters. The standard InChI is InChI=1S/C17H32NO2.HI/c1-14-13-18(3,4)15(2)12-17(14,20)11-10-16(19)8-6-5-7-9-16;/h10-11,14-15,19-20H,5-9,12-13H2,1-4H3;1H/q+1;/p-1. The lowest BCUT2D eigenvalue weighted by Gasteiger charge is -2.49. The highest BCUT2D eigenvalue weighted by atomic mass is 127. The topological polar surface area (TPSA) is 40.5 Å². The van der Waals surface area contributed by atoms with E-state index in [0.29, 0.717) is 6.04 Å². The Bertz CT molecular complexity index is 377. The number of hydrogen-bond donors (Lipinski definition) is 2. The average molecular weight is 409 g/mol. The first kappa shape index (κ1) is 19.4. The average Bonchev–Trinajstić information content (AvgIpc) is 2.35. The summed E-state index contributed by atoms with van der Waals surface area (Å²) in [6, 6.07) is 0.432. The van der Waals surface area contributed by atoms with Crippen molar-refractivity contribution in [1.82, 2.24) is 0 Å². The van der Waals surface area contributed by atoms with Crippen LogP contribution in [-0.4, -0.2) is 52.6 Å². The van der Waals surface area contributed by atoms with Gasteiger partial charge in [-0.05, 0) is 19.8 Å². The first-order valence-electron chi connectivity index (χ1n) is 8.15. The highest BCUT2D eigenvalue weighted by Crippen LogP contribution is 2.37. The maximum Gasteiger partial charge on any atom is 0.0963 e. The molecule has 1 saturated carbocycles. The highest BCUT2D eigenvalue weighted by Gasteiger charge is 2.46. The van der Waals surface area contributed by atoms with E-state index in [9.17, 15) is 10.2 Å².